The zero-order chi connectivity index (χ0) is 32.0. The fourth-order valence-electron chi connectivity index (χ4n) is 5.62. The number of alkyl halides is 3. The van der Waals surface area contributed by atoms with Gasteiger partial charge < -0.3 is 14.8 Å². The summed E-state index contributed by atoms with van der Waals surface area (Å²) >= 11 is 1.88. The Hall–Kier alpha value is -4.56. The summed E-state index contributed by atoms with van der Waals surface area (Å²) in [6, 6.07) is 17.7. The number of methoxy groups -OCH3 is 2. The van der Waals surface area contributed by atoms with Crippen LogP contribution in [0, 0.1) is 5.92 Å². The van der Waals surface area contributed by atoms with E-state index in [1.54, 1.807) is 48.5 Å². The van der Waals surface area contributed by atoms with Gasteiger partial charge in [-0.2, -0.15) is 13.2 Å². The lowest BCUT2D eigenvalue weighted by Crippen LogP contribution is -2.33. The Labute approximate surface area is 262 Å². The first-order chi connectivity index (χ1) is 21.5. The van der Waals surface area contributed by atoms with Crippen LogP contribution in [-0.2, 0) is 27.1 Å². The molecule has 0 saturated carbocycles. The molecule has 3 heterocycles. The van der Waals surface area contributed by atoms with Crippen molar-refractivity contribution >= 4 is 52.2 Å². The number of imide groups is 1. The molecular formula is C31H24F3N3O6S2. The average Bonchev–Trinajstić information content (AvgIpc) is 3.46. The molecule has 0 bridgehead atoms. The van der Waals surface area contributed by atoms with Gasteiger partial charge in [0.1, 0.15) is 23.3 Å². The molecule has 9 nitrogen and oxygen atoms in total. The molecule has 4 aromatic rings. The van der Waals surface area contributed by atoms with E-state index in [0.29, 0.717) is 32.7 Å². The summed E-state index contributed by atoms with van der Waals surface area (Å²) in [5.74, 6) is -2.31. The van der Waals surface area contributed by atoms with Gasteiger partial charge in [-0.05, 0) is 48.5 Å². The first-order valence-electron chi connectivity index (χ1n) is 13.5. The second kappa shape index (κ2) is 11.7. The average molecular weight is 656 g/mol. The van der Waals surface area contributed by atoms with E-state index in [2.05, 4.69) is 5.32 Å². The van der Waals surface area contributed by atoms with Crippen molar-refractivity contribution in [1.29, 1.82) is 0 Å². The summed E-state index contributed by atoms with van der Waals surface area (Å²) in [6.07, 6.45) is -4.60. The first-order valence-corrected chi connectivity index (χ1v) is 15.2. The molecule has 6 rings (SSSR count). The van der Waals surface area contributed by atoms with Crippen LogP contribution in [0.15, 0.2) is 82.6 Å². The Kier molecular flexibility index (Phi) is 7.95. The maximum atomic E-state index is 14.1. The number of aromatic nitrogens is 1. The fourth-order valence-corrected chi connectivity index (χ4v) is 8.38. The maximum Gasteiger partial charge on any atom is 0.416 e. The molecule has 0 unspecified atom stereocenters. The summed E-state index contributed by atoms with van der Waals surface area (Å²) in [6.45, 7) is -0.520. The number of amides is 3. The van der Waals surface area contributed by atoms with Crippen molar-refractivity contribution in [2.24, 2.45) is 5.92 Å². The number of rotatable bonds is 7. The molecule has 1 fully saturated rings. The molecule has 3 amide bonds. The first kappa shape index (κ1) is 30.5. The predicted octanol–water partition coefficient (Wildman–Crippen LogP) is 5.38. The minimum absolute atomic E-state index is 0.0849. The number of nitrogens with one attached hydrogen (secondary N) is 1. The van der Waals surface area contributed by atoms with Gasteiger partial charge in [0.05, 0.1) is 36.4 Å². The summed E-state index contributed by atoms with van der Waals surface area (Å²) in [4.78, 5) is 55.5. The zero-order valence-corrected chi connectivity index (χ0v) is 25.3. The Bertz CT molecular complexity index is 1870. The van der Waals surface area contributed by atoms with Crippen molar-refractivity contribution in [2.45, 2.75) is 28.9 Å². The van der Waals surface area contributed by atoms with Crippen LogP contribution < -0.4 is 24.6 Å². The van der Waals surface area contributed by atoms with E-state index in [0.717, 1.165) is 40.1 Å². The molecule has 2 aliphatic heterocycles. The van der Waals surface area contributed by atoms with Crippen LogP contribution in [0.3, 0.4) is 0 Å². The van der Waals surface area contributed by atoms with Crippen LogP contribution in [0.25, 0.3) is 0 Å². The molecule has 3 aromatic carbocycles. The van der Waals surface area contributed by atoms with Gasteiger partial charge in [-0.3, -0.25) is 23.7 Å². The van der Waals surface area contributed by atoms with E-state index in [9.17, 15) is 32.3 Å². The van der Waals surface area contributed by atoms with Crippen molar-refractivity contribution in [2.75, 3.05) is 24.4 Å². The van der Waals surface area contributed by atoms with E-state index in [4.69, 9.17) is 9.47 Å². The minimum atomic E-state index is -4.60. The van der Waals surface area contributed by atoms with Crippen LogP contribution in [0.4, 0.5) is 24.5 Å². The number of thioether (sulfide) groups is 1. The van der Waals surface area contributed by atoms with Gasteiger partial charge in [0.15, 0.2) is 0 Å². The van der Waals surface area contributed by atoms with Gasteiger partial charge >= 0.3 is 11.0 Å². The highest BCUT2D eigenvalue weighted by molar-refractivity contribution is 8.00. The number of carbonyl (C=O) groups excluding carboxylic acids is 3. The Morgan fingerprint density at radius 1 is 0.933 bits per heavy atom. The molecular weight excluding hydrogens is 631 g/mol. The van der Waals surface area contributed by atoms with Crippen molar-refractivity contribution < 1.29 is 37.0 Å². The van der Waals surface area contributed by atoms with E-state index in [1.165, 1.54) is 30.9 Å². The fraction of sp³-hybridized carbons (Fsp3) is 0.226. The number of hydrogen-bond donors (Lipinski definition) is 1. The highest BCUT2D eigenvalue weighted by Crippen LogP contribution is 2.55. The topological polar surface area (TPSA) is 107 Å². The monoisotopic (exact) mass is 655 g/mol. The number of hydrogen-bond acceptors (Lipinski definition) is 8. The lowest BCUT2D eigenvalue weighted by Gasteiger charge is -2.31. The molecule has 2 aliphatic rings. The highest BCUT2D eigenvalue weighted by atomic mass is 32.2. The molecule has 1 saturated heterocycles. The van der Waals surface area contributed by atoms with Crippen molar-refractivity contribution in [3.8, 4) is 11.5 Å². The lowest BCUT2D eigenvalue weighted by atomic mass is 9.82. The standard InChI is InChI=1S/C31H24F3N3O6S2/c1-42-19-12-10-18(11-13-19)37-27(39)24-23(20-8-3-4-9-21(20)43-2)26-29(44-25(24)28(37)40)36(30(41)45-26)15-22(38)35-17-7-5-6-16(14-17)31(32,33)34/h3-14,23-25H,15H2,1-2H3,(H,35,38)/t23-,24-,25+/m0/s1. The van der Waals surface area contributed by atoms with E-state index < -0.39 is 58.0 Å². The van der Waals surface area contributed by atoms with Crippen LogP contribution in [0.1, 0.15) is 21.9 Å². The summed E-state index contributed by atoms with van der Waals surface area (Å²) in [7, 11) is 2.98. The summed E-state index contributed by atoms with van der Waals surface area (Å²) in [5, 5.41) is 1.82. The Morgan fingerprint density at radius 2 is 1.67 bits per heavy atom. The Balaban J connectivity index is 1.39. The summed E-state index contributed by atoms with van der Waals surface area (Å²) in [5.41, 5.74) is -0.0624. The smallest absolute Gasteiger partial charge is 0.416 e. The normalized spacial score (nSPS) is 19.2. The number of para-hydroxylation sites is 1. The van der Waals surface area contributed by atoms with Crippen LogP contribution in [0.2, 0.25) is 0 Å². The molecule has 0 aliphatic carbocycles. The zero-order valence-electron chi connectivity index (χ0n) is 23.7. The number of halogens is 3. The van der Waals surface area contributed by atoms with Gasteiger partial charge in [-0.15, -0.1) is 0 Å². The number of carbonyl (C=O) groups is 3. The van der Waals surface area contributed by atoms with Crippen molar-refractivity contribution in [1.82, 2.24) is 4.57 Å². The molecule has 45 heavy (non-hydrogen) atoms. The third-order valence-corrected chi connectivity index (χ3v) is 10.2. The summed E-state index contributed by atoms with van der Waals surface area (Å²) < 4.78 is 51.6. The number of nitrogens with zero attached hydrogens (tertiary/aromatic N) is 2. The van der Waals surface area contributed by atoms with E-state index >= 15 is 0 Å². The largest absolute Gasteiger partial charge is 0.497 e. The minimum Gasteiger partial charge on any atom is -0.497 e. The molecule has 1 N–H and O–H groups in total. The predicted molar refractivity (Wildman–Crippen MR) is 162 cm³/mol. The van der Waals surface area contributed by atoms with Crippen LogP contribution >= 0.6 is 23.1 Å². The van der Waals surface area contributed by atoms with Gasteiger partial charge in [-0.1, -0.05) is 47.4 Å². The SMILES string of the molecule is COc1ccc(N2C(=O)[C@H]3[C@H](c4ccccc4OC)c4sc(=O)n(CC(=O)Nc5cccc(C(F)(F)F)c5)c4S[C@H]3C2=O)cc1. The molecule has 3 atom stereocenters. The second-order valence-electron chi connectivity index (χ2n) is 10.2. The Morgan fingerprint density at radius 3 is 2.36 bits per heavy atom. The number of anilines is 2. The number of fused-ring (bicyclic) bond motifs is 2. The molecule has 14 heteroatoms. The van der Waals surface area contributed by atoms with Crippen molar-refractivity contribution in [3.63, 3.8) is 0 Å². The molecule has 0 radical (unpaired) electrons. The van der Waals surface area contributed by atoms with Crippen LogP contribution in [0.5, 0.6) is 11.5 Å². The second-order valence-corrected chi connectivity index (χ2v) is 12.4. The highest BCUT2D eigenvalue weighted by Gasteiger charge is 2.57. The molecule has 232 valence electrons. The maximum absolute atomic E-state index is 14.1. The van der Waals surface area contributed by atoms with Crippen LogP contribution in [-0.4, -0.2) is 41.8 Å². The molecule has 0 spiro atoms. The van der Waals surface area contributed by atoms with E-state index in [1.807, 2.05) is 0 Å². The van der Waals surface area contributed by atoms with Crippen molar-refractivity contribution in [3.05, 3.63) is 98.5 Å². The van der Waals surface area contributed by atoms with Gasteiger partial charge in [0, 0.05) is 22.0 Å². The third kappa shape index (κ3) is 5.48. The quantitative estimate of drug-likeness (QED) is 0.267. The van der Waals surface area contributed by atoms with Gasteiger partial charge in [0.25, 0.3) is 0 Å². The third-order valence-electron chi connectivity index (χ3n) is 7.63. The number of benzene rings is 3. The number of thiazole rings is 1. The lowest BCUT2D eigenvalue weighted by molar-refractivity contribution is -0.137. The van der Waals surface area contributed by atoms with Gasteiger partial charge in [-0.25, -0.2) is 4.90 Å². The molecule has 1 aromatic heterocycles. The van der Waals surface area contributed by atoms with Gasteiger partial charge in [0.2, 0.25) is 17.7 Å². The van der Waals surface area contributed by atoms with E-state index in [-0.39, 0.29) is 5.69 Å². The number of ether oxygens (including phenoxy) is 2.